The van der Waals surface area contributed by atoms with Crippen LogP contribution in [0.1, 0.15) is 19.3 Å². The van der Waals surface area contributed by atoms with E-state index in [9.17, 15) is 4.79 Å². The molecule has 0 aromatic heterocycles. The summed E-state index contributed by atoms with van der Waals surface area (Å²) in [6.07, 6.45) is 2.40. The van der Waals surface area contributed by atoms with E-state index in [1.165, 1.54) is 0 Å². The van der Waals surface area contributed by atoms with Gasteiger partial charge in [-0.15, -0.1) is 0 Å². The van der Waals surface area contributed by atoms with Crippen LogP contribution in [0.5, 0.6) is 0 Å². The van der Waals surface area contributed by atoms with Gasteiger partial charge in [0, 0.05) is 24.2 Å². The third-order valence-electron chi connectivity index (χ3n) is 5.20. The Balaban J connectivity index is 1.79. The summed E-state index contributed by atoms with van der Waals surface area (Å²) in [7, 11) is 0. The molecule has 4 nitrogen and oxygen atoms in total. The summed E-state index contributed by atoms with van der Waals surface area (Å²) < 4.78 is 11.6. The van der Waals surface area contributed by atoms with Gasteiger partial charge in [-0.05, 0) is 19.6 Å². The molecule has 4 heteroatoms. The number of carbonyl (C=O) groups excluding carboxylic acids is 1. The largest absolute Gasteiger partial charge is 0.347 e. The molecule has 1 heterocycles. The SMILES string of the molecule is C=NC12CC[C@H]3[C@@H]1[C@@H](CC2=O)C31OCCO1. The summed E-state index contributed by atoms with van der Waals surface area (Å²) in [5.41, 5.74) is -0.476. The van der Waals surface area contributed by atoms with Crippen molar-refractivity contribution in [2.75, 3.05) is 13.2 Å². The molecule has 4 atom stereocenters. The van der Waals surface area contributed by atoms with Crippen molar-refractivity contribution in [2.24, 2.45) is 22.7 Å². The molecule has 86 valence electrons. The van der Waals surface area contributed by atoms with E-state index in [0.29, 0.717) is 31.5 Å². The second kappa shape index (κ2) is 2.57. The van der Waals surface area contributed by atoms with E-state index >= 15 is 0 Å². The van der Waals surface area contributed by atoms with Crippen LogP contribution in [-0.2, 0) is 14.3 Å². The zero-order valence-corrected chi connectivity index (χ0v) is 9.15. The molecule has 0 aromatic rings. The molecule has 4 rings (SSSR count). The Hall–Kier alpha value is -0.740. The summed E-state index contributed by atoms with van der Waals surface area (Å²) in [6, 6.07) is 0. The normalized spacial score (nSPS) is 51.8. The van der Waals surface area contributed by atoms with Gasteiger partial charge < -0.3 is 9.47 Å². The molecule has 1 saturated heterocycles. The number of ether oxygens (including phenoxy) is 2. The maximum absolute atomic E-state index is 12.1. The number of fused-ring (bicyclic) bond motifs is 2. The molecule has 16 heavy (non-hydrogen) atoms. The lowest BCUT2D eigenvalue weighted by Gasteiger charge is -2.53. The molecule has 0 aromatic carbocycles. The Kier molecular flexibility index (Phi) is 1.49. The minimum atomic E-state index is -0.476. The van der Waals surface area contributed by atoms with Crippen LogP contribution < -0.4 is 0 Å². The van der Waals surface area contributed by atoms with E-state index in [-0.39, 0.29) is 11.7 Å². The number of aliphatic imine (C=N–C) groups is 1. The highest BCUT2D eigenvalue weighted by Crippen LogP contribution is 2.70. The number of hydrogen-bond acceptors (Lipinski definition) is 4. The first-order valence-corrected chi connectivity index (χ1v) is 6.04. The predicted octanol–water partition coefficient (Wildman–Crippen LogP) is 0.798. The van der Waals surface area contributed by atoms with Crippen LogP contribution >= 0.6 is 0 Å². The highest BCUT2D eigenvalue weighted by Gasteiger charge is 2.78. The van der Waals surface area contributed by atoms with Crippen molar-refractivity contribution in [3.05, 3.63) is 0 Å². The van der Waals surface area contributed by atoms with Gasteiger partial charge in [0.05, 0.1) is 13.2 Å². The molecule has 0 radical (unpaired) electrons. The summed E-state index contributed by atoms with van der Waals surface area (Å²) in [5, 5.41) is 0. The van der Waals surface area contributed by atoms with Crippen molar-refractivity contribution in [1.82, 2.24) is 0 Å². The molecule has 3 aliphatic carbocycles. The Morgan fingerprint density at radius 3 is 2.75 bits per heavy atom. The number of rotatable bonds is 1. The van der Waals surface area contributed by atoms with Crippen LogP contribution in [0.4, 0.5) is 0 Å². The minimum Gasteiger partial charge on any atom is -0.347 e. The van der Waals surface area contributed by atoms with E-state index in [1.807, 2.05) is 0 Å². The third kappa shape index (κ3) is 0.703. The average Bonchev–Trinajstić information content (AvgIpc) is 2.92. The average molecular weight is 221 g/mol. The first-order chi connectivity index (χ1) is 7.74. The lowest BCUT2D eigenvalue weighted by Crippen LogP contribution is -2.62. The highest BCUT2D eigenvalue weighted by molar-refractivity contribution is 5.93. The van der Waals surface area contributed by atoms with E-state index in [1.54, 1.807) is 0 Å². The second-order valence-electron chi connectivity index (χ2n) is 5.41. The molecule has 0 amide bonds. The molecular formula is C12H15NO3. The summed E-state index contributed by atoms with van der Waals surface area (Å²) in [6.45, 7) is 4.98. The molecule has 1 aliphatic heterocycles. The van der Waals surface area contributed by atoms with Crippen LogP contribution in [0.2, 0.25) is 0 Å². The van der Waals surface area contributed by atoms with Gasteiger partial charge in [0.25, 0.3) is 0 Å². The van der Waals surface area contributed by atoms with E-state index in [2.05, 4.69) is 11.7 Å². The monoisotopic (exact) mass is 221 g/mol. The topological polar surface area (TPSA) is 47.9 Å². The smallest absolute Gasteiger partial charge is 0.175 e. The fourth-order valence-electron chi connectivity index (χ4n) is 4.64. The third-order valence-corrected chi connectivity index (χ3v) is 5.20. The van der Waals surface area contributed by atoms with Crippen molar-refractivity contribution in [3.63, 3.8) is 0 Å². The Morgan fingerprint density at radius 1 is 1.31 bits per heavy atom. The van der Waals surface area contributed by atoms with Gasteiger partial charge >= 0.3 is 0 Å². The van der Waals surface area contributed by atoms with Crippen LogP contribution in [0, 0.1) is 17.8 Å². The van der Waals surface area contributed by atoms with Gasteiger partial charge in [0.1, 0.15) is 5.54 Å². The maximum Gasteiger partial charge on any atom is 0.175 e. The van der Waals surface area contributed by atoms with Gasteiger partial charge in [-0.25, -0.2) is 0 Å². The van der Waals surface area contributed by atoms with Crippen LogP contribution in [0.25, 0.3) is 0 Å². The molecule has 0 N–H and O–H groups in total. The van der Waals surface area contributed by atoms with E-state index in [4.69, 9.17) is 9.47 Å². The number of Topliss-reactive ketones (excluding diaryl/α,β-unsaturated/α-hetero) is 1. The zero-order valence-electron chi connectivity index (χ0n) is 9.15. The number of carbonyl (C=O) groups is 1. The number of ketones is 1. The Bertz CT molecular complexity index is 388. The van der Waals surface area contributed by atoms with Gasteiger partial charge in [-0.1, -0.05) is 0 Å². The standard InChI is InChI=1S/C12H15NO3/c1-13-11-3-2-7-10(11)8(6-9(11)14)12(7)15-4-5-16-12/h7-8,10H,1-6H2/t7-,8+,10+,11?/m0/s1. The lowest BCUT2D eigenvalue weighted by molar-refractivity contribution is -0.308. The van der Waals surface area contributed by atoms with Crippen LogP contribution in [0.3, 0.4) is 0 Å². The van der Waals surface area contributed by atoms with Gasteiger partial charge in [-0.2, -0.15) is 0 Å². The molecule has 1 spiro atoms. The van der Waals surface area contributed by atoms with Crippen molar-refractivity contribution in [1.29, 1.82) is 0 Å². The first-order valence-electron chi connectivity index (χ1n) is 6.04. The molecule has 4 aliphatic rings. The molecule has 0 bridgehead atoms. The number of hydrogen-bond donors (Lipinski definition) is 0. The lowest BCUT2D eigenvalue weighted by atomic mass is 9.60. The second-order valence-corrected chi connectivity index (χ2v) is 5.41. The summed E-state index contributed by atoms with van der Waals surface area (Å²) in [4.78, 5) is 16.3. The van der Waals surface area contributed by atoms with Gasteiger partial charge in [0.15, 0.2) is 11.6 Å². The summed E-state index contributed by atoms with van der Waals surface area (Å²) >= 11 is 0. The van der Waals surface area contributed by atoms with E-state index < -0.39 is 11.3 Å². The first kappa shape index (κ1) is 9.31. The van der Waals surface area contributed by atoms with Crippen molar-refractivity contribution in [2.45, 2.75) is 30.6 Å². The van der Waals surface area contributed by atoms with E-state index in [0.717, 1.165) is 12.8 Å². The minimum absolute atomic E-state index is 0.237. The molecular weight excluding hydrogens is 206 g/mol. The van der Waals surface area contributed by atoms with Crippen LogP contribution in [0.15, 0.2) is 4.99 Å². The predicted molar refractivity (Wildman–Crippen MR) is 56.2 cm³/mol. The Labute approximate surface area is 94.0 Å². The zero-order chi connectivity index (χ0) is 11.0. The van der Waals surface area contributed by atoms with Crippen LogP contribution in [-0.4, -0.2) is 37.0 Å². The Morgan fingerprint density at radius 2 is 2.06 bits per heavy atom. The fourth-order valence-corrected chi connectivity index (χ4v) is 4.64. The molecule has 3 saturated carbocycles. The summed E-state index contributed by atoms with van der Waals surface area (Å²) in [5.74, 6) is 0.785. The number of nitrogens with zero attached hydrogens (tertiary/aromatic N) is 1. The van der Waals surface area contributed by atoms with Crippen molar-refractivity contribution in [3.8, 4) is 0 Å². The van der Waals surface area contributed by atoms with Crippen molar-refractivity contribution < 1.29 is 14.3 Å². The maximum atomic E-state index is 12.1. The highest BCUT2D eigenvalue weighted by atomic mass is 16.7. The molecule has 1 unspecified atom stereocenters. The molecule has 4 fully saturated rings. The van der Waals surface area contributed by atoms with Crippen molar-refractivity contribution >= 4 is 12.5 Å². The van der Waals surface area contributed by atoms with Gasteiger partial charge in [0.2, 0.25) is 0 Å². The van der Waals surface area contributed by atoms with Gasteiger partial charge in [-0.3, -0.25) is 9.79 Å². The fraction of sp³-hybridized carbons (Fsp3) is 0.833. The quantitative estimate of drug-likeness (QED) is 0.615.